The quantitative estimate of drug-likeness (QED) is 0.891. The molecule has 2 unspecified atom stereocenters. The van der Waals surface area contributed by atoms with Crippen molar-refractivity contribution in [1.29, 1.82) is 5.26 Å². The van der Waals surface area contributed by atoms with E-state index in [1.54, 1.807) is 6.20 Å². The number of amides is 1. The zero-order valence-electron chi connectivity index (χ0n) is 15.2. The van der Waals surface area contributed by atoms with Gasteiger partial charge in [0.2, 0.25) is 5.91 Å². The van der Waals surface area contributed by atoms with Gasteiger partial charge in [-0.1, -0.05) is 25.7 Å². The fraction of sp³-hybridized carbons (Fsp3) is 0.737. The Kier molecular flexibility index (Phi) is 5.74. The largest absolute Gasteiger partial charge is 0.336 e. The van der Waals surface area contributed by atoms with Crippen LogP contribution in [0, 0.1) is 11.3 Å². The standard InChI is InChI=1S/C19H29N5O/c1-16(18(25)22-19(15-20)9-4-2-5-10-19)24-13-6-3-8-17(24)14-23-12-7-11-21-23/h7,11-12,16-17H,2-6,8-10,13-14H2,1H3,(H,22,25). The fourth-order valence-corrected chi connectivity index (χ4v) is 4.26. The summed E-state index contributed by atoms with van der Waals surface area (Å²) >= 11 is 0. The third kappa shape index (κ3) is 4.21. The molecule has 0 aromatic carbocycles. The Labute approximate surface area is 150 Å². The lowest BCUT2D eigenvalue weighted by atomic mass is 9.82. The summed E-state index contributed by atoms with van der Waals surface area (Å²) < 4.78 is 1.95. The molecule has 2 fully saturated rings. The van der Waals surface area contributed by atoms with E-state index in [0.29, 0.717) is 6.04 Å². The molecule has 0 radical (unpaired) electrons. The molecule has 1 N–H and O–H groups in total. The molecule has 136 valence electrons. The molecule has 0 spiro atoms. The maximum absolute atomic E-state index is 12.9. The lowest BCUT2D eigenvalue weighted by Gasteiger charge is -2.40. The van der Waals surface area contributed by atoms with Crippen molar-refractivity contribution >= 4 is 5.91 Å². The van der Waals surface area contributed by atoms with Gasteiger partial charge in [0, 0.05) is 18.4 Å². The first kappa shape index (κ1) is 17.9. The molecular formula is C19H29N5O. The van der Waals surface area contributed by atoms with E-state index in [1.807, 2.05) is 23.9 Å². The number of hydrogen-bond donors (Lipinski definition) is 1. The number of carbonyl (C=O) groups excluding carboxylic acids is 1. The van der Waals surface area contributed by atoms with Crippen LogP contribution < -0.4 is 5.32 Å². The highest BCUT2D eigenvalue weighted by atomic mass is 16.2. The molecule has 1 saturated heterocycles. The van der Waals surface area contributed by atoms with E-state index in [4.69, 9.17) is 0 Å². The van der Waals surface area contributed by atoms with Crippen LogP contribution in [-0.4, -0.2) is 44.8 Å². The molecule has 2 heterocycles. The van der Waals surface area contributed by atoms with Gasteiger partial charge in [0.15, 0.2) is 0 Å². The lowest BCUT2D eigenvalue weighted by Crippen LogP contribution is -2.58. The molecule has 3 rings (SSSR count). The van der Waals surface area contributed by atoms with Gasteiger partial charge in [-0.15, -0.1) is 0 Å². The highest BCUT2D eigenvalue weighted by Gasteiger charge is 2.37. The molecule has 1 aliphatic heterocycles. The van der Waals surface area contributed by atoms with Crippen LogP contribution in [0.4, 0.5) is 0 Å². The molecule has 0 bridgehead atoms. The van der Waals surface area contributed by atoms with Crippen molar-refractivity contribution in [3.63, 3.8) is 0 Å². The molecule has 25 heavy (non-hydrogen) atoms. The van der Waals surface area contributed by atoms with Crippen molar-refractivity contribution in [2.45, 2.75) is 82.5 Å². The summed E-state index contributed by atoms with van der Waals surface area (Å²) in [6, 6.07) is 4.43. The first-order valence-electron chi connectivity index (χ1n) is 9.60. The van der Waals surface area contributed by atoms with Gasteiger partial charge in [-0.05, 0) is 45.2 Å². The van der Waals surface area contributed by atoms with E-state index in [-0.39, 0.29) is 11.9 Å². The molecule has 1 amide bonds. The zero-order valence-corrected chi connectivity index (χ0v) is 15.2. The molecule has 6 heteroatoms. The van der Waals surface area contributed by atoms with Gasteiger partial charge >= 0.3 is 0 Å². The third-order valence-corrected chi connectivity index (χ3v) is 5.79. The van der Waals surface area contributed by atoms with Gasteiger partial charge in [0.25, 0.3) is 0 Å². The van der Waals surface area contributed by atoms with Crippen molar-refractivity contribution < 1.29 is 4.79 Å². The Morgan fingerprint density at radius 1 is 1.36 bits per heavy atom. The minimum atomic E-state index is -0.656. The molecule has 6 nitrogen and oxygen atoms in total. The Balaban J connectivity index is 1.65. The first-order chi connectivity index (χ1) is 12.1. The Hall–Kier alpha value is -1.87. The molecule has 1 aromatic heterocycles. The van der Waals surface area contributed by atoms with Crippen LogP contribution in [-0.2, 0) is 11.3 Å². The van der Waals surface area contributed by atoms with Crippen molar-refractivity contribution in [3.05, 3.63) is 18.5 Å². The van der Waals surface area contributed by atoms with Crippen molar-refractivity contribution in [3.8, 4) is 6.07 Å². The minimum absolute atomic E-state index is 0.00387. The number of likely N-dealkylation sites (tertiary alicyclic amines) is 1. The summed E-state index contributed by atoms with van der Waals surface area (Å²) in [5, 5.41) is 17.0. The summed E-state index contributed by atoms with van der Waals surface area (Å²) in [6.07, 6.45) is 11.9. The molecular weight excluding hydrogens is 314 g/mol. The van der Waals surface area contributed by atoms with E-state index in [9.17, 15) is 10.1 Å². The maximum Gasteiger partial charge on any atom is 0.238 e. The minimum Gasteiger partial charge on any atom is -0.336 e. The second-order valence-corrected chi connectivity index (χ2v) is 7.54. The van der Waals surface area contributed by atoms with Gasteiger partial charge < -0.3 is 5.32 Å². The Bertz CT molecular complexity index is 600. The average Bonchev–Trinajstić information content (AvgIpc) is 3.15. The highest BCUT2D eigenvalue weighted by molar-refractivity contribution is 5.82. The van der Waals surface area contributed by atoms with E-state index < -0.39 is 5.54 Å². The average molecular weight is 343 g/mol. The monoisotopic (exact) mass is 343 g/mol. The van der Waals surface area contributed by atoms with E-state index >= 15 is 0 Å². The number of aromatic nitrogens is 2. The molecule has 1 saturated carbocycles. The van der Waals surface area contributed by atoms with Gasteiger partial charge in [-0.2, -0.15) is 10.4 Å². The zero-order chi connectivity index (χ0) is 17.7. The third-order valence-electron chi connectivity index (χ3n) is 5.79. The molecule has 1 aromatic rings. The van der Waals surface area contributed by atoms with Crippen molar-refractivity contribution in [2.24, 2.45) is 0 Å². The van der Waals surface area contributed by atoms with Gasteiger partial charge in [-0.3, -0.25) is 14.4 Å². The number of piperidine rings is 1. The normalized spacial score (nSPS) is 25.0. The number of nitrogens with one attached hydrogen (secondary N) is 1. The first-order valence-corrected chi connectivity index (χ1v) is 9.60. The van der Waals surface area contributed by atoms with E-state index in [2.05, 4.69) is 21.4 Å². The lowest BCUT2D eigenvalue weighted by molar-refractivity contribution is -0.129. The predicted octanol–water partition coefficient (Wildman–Crippen LogP) is 2.47. The van der Waals surface area contributed by atoms with E-state index in [1.165, 1.54) is 6.42 Å². The van der Waals surface area contributed by atoms with Crippen LogP contribution in [0.5, 0.6) is 0 Å². The predicted molar refractivity (Wildman–Crippen MR) is 95.6 cm³/mol. The summed E-state index contributed by atoms with van der Waals surface area (Å²) in [7, 11) is 0. The number of rotatable bonds is 5. The van der Waals surface area contributed by atoms with Crippen LogP contribution >= 0.6 is 0 Å². The second kappa shape index (κ2) is 8.01. The van der Waals surface area contributed by atoms with Crippen LogP contribution in [0.15, 0.2) is 18.5 Å². The number of nitrogens with zero attached hydrogens (tertiary/aromatic N) is 4. The van der Waals surface area contributed by atoms with Crippen molar-refractivity contribution in [1.82, 2.24) is 20.0 Å². The summed E-state index contributed by atoms with van der Waals surface area (Å²) in [5.41, 5.74) is -0.656. The van der Waals surface area contributed by atoms with Crippen LogP contribution in [0.3, 0.4) is 0 Å². The van der Waals surface area contributed by atoms with Gasteiger partial charge in [-0.25, -0.2) is 0 Å². The van der Waals surface area contributed by atoms with Crippen molar-refractivity contribution in [2.75, 3.05) is 6.54 Å². The molecule has 1 aliphatic carbocycles. The van der Waals surface area contributed by atoms with Crippen LogP contribution in [0.2, 0.25) is 0 Å². The summed E-state index contributed by atoms with van der Waals surface area (Å²) in [5.74, 6) is -0.00387. The fourth-order valence-electron chi connectivity index (χ4n) is 4.26. The highest BCUT2D eigenvalue weighted by Crippen LogP contribution is 2.28. The molecule has 2 aliphatic rings. The van der Waals surface area contributed by atoms with Gasteiger partial charge in [0.05, 0.1) is 18.7 Å². The Morgan fingerprint density at radius 3 is 2.84 bits per heavy atom. The second-order valence-electron chi connectivity index (χ2n) is 7.54. The Morgan fingerprint density at radius 2 is 2.16 bits per heavy atom. The number of carbonyl (C=O) groups is 1. The van der Waals surface area contributed by atoms with E-state index in [0.717, 1.165) is 58.0 Å². The SMILES string of the molecule is CC(C(=O)NC1(C#N)CCCCC1)N1CCCCC1Cn1cccn1. The summed E-state index contributed by atoms with van der Waals surface area (Å²) in [6.45, 7) is 3.72. The number of hydrogen-bond acceptors (Lipinski definition) is 4. The van der Waals surface area contributed by atoms with Crippen LogP contribution in [0.25, 0.3) is 0 Å². The smallest absolute Gasteiger partial charge is 0.238 e. The van der Waals surface area contributed by atoms with Crippen LogP contribution in [0.1, 0.15) is 58.3 Å². The van der Waals surface area contributed by atoms with Gasteiger partial charge in [0.1, 0.15) is 5.54 Å². The number of nitriles is 1. The topological polar surface area (TPSA) is 74.0 Å². The summed E-state index contributed by atoms with van der Waals surface area (Å²) in [4.78, 5) is 15.2. The molecule has 2 atom stereocenters. The maximum atomic E-state index is 12.9.